The molecule has 4 rings (SSSR count). The van der Waals surface area contributed by atoms with Crippen molar-refractivity contribution in [3.8, 4) is 0 Å². The molecule has 26 heavy (non-hydrogen) atoms. The lowest BCUT2D eigenvalue weighted by Crippen LogP contribution is -2.34. The number of benzene rings is 1. The van der Waals surface area contributed by atoms with Gasteiger partial charge in [-0.15, -0.1) is 0 Å². The molecule has 0 bridgehead atoms. The third-order valence-electron chi connectivity index (χ3n) is 5.11. The van der Waals surface area contributed by atoms with Crippen LogP contribution in [0.1, 0.15) is 16.1 Å². The van der Waals surface area contributed by atoms with Crippen molar-refractivity contribution < 1.29 is 18.0 Å². The summed E-state index contributed by atoms with van der Waals surface area (Å²) < 4.78 is 39.8. The van der Waals surface area contributed by atoms with E-state index in [1.165, 1.54) is 30.7 Å². The lowest BCUT2D eigenvalue weighted by atomic mass is 10.0. The first-order chi connectivity index (χ1) is 12.4. The number of likely N-dealkylation sites (tertiary alicyclic amines) is 1. The standard InChI is InChI=1S/C18H17F3N4O/c19-18(20,21)14-3-1-2-4-16(14)24-8-12-10-25(11-13(12)9-24)17(26)15-7-22-5-6-23-15/h1-7,12-13H,8-11H2/t12-,13+. The summed E-state index contributed by atoms with van der Waals surface area (Å²) in [4.78, 5) is 23.9. The van der Waals surface area contributed by atoms with Crippen LogP contribution < -0.4 is 4.90 Å². The molecule has 1 aromatic heterocycles. The van der Waals surface area contributed by atoms with Gasteiger partial charge >= 0.3 is 6.18 Å². The number of halogens is 3. The number of hydrogen-bond donors (Lipinski definition) is 0. The molecule has 136 valence electrons. The van der Waals surface area contributed by atoms with Gasteiger partial charge in [-0.2, -0.15) is 13.2 Å². The molecule has 0 saturated carbocycles. The van der Waals surface area contributed by atoms with Gasteiger partial charge in [0.2, 0.25) is 0 Å². The summed E-state index contributed by atoms with van der Waals surface area (Å²) in [5, 5.41) is 0. The van der Waals surface area contributed by atoms with E-state index in [0.29, 0.717) is 31.9 Å². The van der Waals surface area contributed by atoms with Gasteiger partial charge in [0.25, 0.3) is 5.91 Å². The summed E-state index contributed by atoms with van der Waals surface area (Å²) in [5.74, 6) is 0.156. The number of carbonyl (C=O) groups excluding carboxylic acids is 1. The SMILES string of the molecule is O=C(c1cnccn1)N1C[C@@H]2CN(c3ccccc3C(F)(F)F)C[C@@H]2C1. The molecule has 2 aliphatic heterocycles. The van der Waals surface area contributed by atoms with Crippen LogP contribution in [-0.4, -0.2) is 47.0 Å². The number of alkyl halides is 3. The minimum Gasteiger partial charge on any atom is -0.370 e. The van der Waals surface area contributed by atoms with Crippen molar-refractivity contribution in [3.05, 3.63) is 54.1 Å². The van der Waals surface area contributed by atoms with Crippen LogP contribution in [0.3, 0.4) is 0 Å². The van der Waals surface area contributed by atoms with Crippen LogP contribution in [0, 0.1) is 11.8 Å². The number of nitrogens with zero attached hydrogens (tertiary/aromatic N) is 4. The third-order valence-corrected chi connectivity index (χ3v) is 5.11. The van der Waals surface area contributed by atoms with E-state index in [1.54, 1.807) is 15.9 Å². The number of carbonyl (C=O) groups is 1. The predicted molar refractivity (Wildman–Crippen MR) is 88.6 cm³/mol. The van der Waals surface area contributed by atoms with Crippen molar-refractivity contribution in [2.24, 2.45) is 11.8 Å². The average molecular weight is 362 g/mol. The van der Waals surface area contributed by atoms with Crippen molar-refractivity contribution in [2.75, 3.05) is 31.1 Å². The molecule has 2 aromatic rings. The quantitative estimate of drug-likeness (QED) is 0.824. The van der Waals surface area contributed by atoms with Crippen molar-refractivity contribution in [1.29, 1.82) is 0 Å². The van der Waals surface area contributed by atoms with E-state index in [1.807, 2.05) is 0 Å². The number of aromatic nitrogens is 2. The van der Waals surface area contributed by atoms with Crippen LogP contribution in [0.4, 0.5) is 18.9 Å². The molecule has 0 radical (unpaired) electrons. The Kier molecular flexibility index (Phi) is 4.05. The summed E-state index contributed by atoms with van der Waals surface area (Å²) in [7, 11) is 0. The lowest BCUT2D eigenvalue weighted by molar-refractivity contribution is -0.137. The van der Waals surface area contributed by atoms with E-state index in [2.05, 4.69) is 9.97 Å². The van der Waals surface area contributed by atoms with Gasteiger partial charge in [0.1, 0.15) is 5.69 Å². The van der Waals surface area contributed by atoms with E-state index >= 15 is 0 Å². The fourth-order valence-corrected chi connectivity index (χ4v) is 3.92. The highest BCUT2D eigenvalue weighted by molar-refractivity contribution is 5.92. The van der Waals surface area contributed by atoms with E-state index in [9.17, 15) is 18.0 Å². The smallest absolute Gasteiger partial charge is 0.370 e. The Labute approximate surface area is 148 Å². The number of hydrogen-bond acceptors (Lipinski definition) is 4. The average Bonchev–Trinajstić information content (AvgIpc) is 3.20. The molecule has 0 spiro atoms. The molecule has 8 heteroatoms. The Morgan fingerprint density at radius 2 is 1.73 bits per heavy atom. The maximum atomic E-state index is 13.3. The molecule has 1 amide bonds. The Morgan fingerprint density at radius 1 is 1.04 bits per heavy atom. The summed E-state index contributed by atoms with van der Waals surface area (Å²) in [6.45, 7) is 2.10. The maximum Gasteiger partial charge on any atom is 0.418 e. The van der Waals surface area contributed by atoms with Crippen LogP contribution in [0.5, 0.6) is 0 Å². The second kappa shape index (κ2) is 6.26. The zero-order valence-electron chi connectivity index (χ0n) is 13.9. The molecular formula is C18H17F3N4O. The first-order valence-corrected chi connectivity index (χ1v) is 8.40. The highest BCUT2D eigenvalue weighted by Gasteiger charge is 2.44. The van der Waals surface area contributed by atoms with Gasteiger partial charge in [-0.1, -0.05) is 12.1 Å². The van der Waals surface area contributed by atoms with Gasteiger partial charge in [0.05, 0.1) is 11.8 Å². The molecule has 1 aromatic carbocycles. The second-order valence-corrected chi connectivity index (χ2v) is 6.74. The fourth-order valence-electron chi connectivity index (χ4n) is 3.92. The third kappa shape index (κ3) is 3.00. The summed E-state index contributed by atoms with van der Waals surface area (Å²) in [5.41, 5.74) is -0.0829. The summed E-state index contributed by atoms with van der Waals surface area (Å²) >= 11 is 0. The first kappa shape index (κ1) is 16.8. The van der Waals surface area contributed by atoms with E-state index in [-0.39, 0.29) is 23.4 Å². The maximum absolute atomic E-state index is 13.3. The van der Waals surface area contributed by atoms with Crippen molar-refractivity contribution >= 4 is 11.6 Å². The zero-order chi connectivity index (χ0) is 18.3. The Hall–Kier alpha value is -2.64. The minimum absolute atomic E-state index is 0.164. The second-order valence-electron chi connectivity index (χ2n) is 6.74. The van der Waals surface area contributed by atoms with Crippen molar-refractivity contribution in [3.63, 3.8) is 0 Å². The highest BCUT2D eigenvalue weighted by atomic mass is 19.4. The number of para-hydroxylation sites is 1. The molecule has 2 saturated heterocycles. The van der Waals surface area contributed by atoms with Crippen LogP contribution in [-0.2, 0) is 6.18 Å². The van der Waals surface area contributed by atoms with Gasteiger partial charge in [-0.3, -0.25) is 9.78 Å². The monoisotopic (exact) mass is 362 g/mol. The molecule has 3 heterocycles. The Morgan fingerprint density at radius 3 is 2.35 bits per heavy atom. The van der Waals surface area contributed by atoms with E-state index in [4.69, 9.17) is 0 Å². The van der Waals surface area contributed by atoms with E-state index < -0.39 is 11.7 Å². The van der Waals surface area contributed by atoms with Gasteiger partial charge in [0.15, 0.2) is 0 Å². The van der Waals surface area contributed by atoms with Crippen molar-refractivity contribution in [1.82, 2.24) is 14.9 Å². The molecule has 5 nitrogen and oxygen atoms in total. The lowest BCUT2D eigenvalue weighted by Gasteiger charge is -2.25. The van der Waals surface area contributed by atoms with Gasteiger partial charge in [-0.25, -0.2) is 4.98 Å². The largest absolute Gasteiger partial charge is 0.418 e. The minimum atomic E-state index is -4.37. The molecule has 2 fully saturated rings. The summed E-state index contributed by atoms with van der Waals surface area (Å²) in [6, 6.07) is 5.67. The molecular weight excluding hydrogens is 345 g/mol. The van der Waals surface area contributed by atoms with Gasteiger partial charge in [-0.05, 0) is 12.1 Å². The molecule has 0 N–H and O–H groups in total. The number of amides is 1. The van der Waals surface area contributed by atoms with Gasteiger partial charge in [0, 0.05) is 56.1 Å². The van der Waals surface area contributed by atoms with Crippen LogP contribution >= 0.6 is 0 Å². The number of anilines is 1. The van der Waals surface area contributed by atoms with Crippen LogP contribution in [0.2, 0.25) is 0 Å². The molecule has 0 unspecified atom stereocenters. The number of rotatable bonds is 2. The Balaban J connectivity index is 1.47. The molecule has 2 aliphatic rings. The predicted octanol–water partition coefficient (Wildman–Crippen LogP) is 2.70. The highest BCUT2D eigenvalue weighted by Crippen LogP contribution is 2.40. The summed E-state index contributed by atoms with van der Waals surface area (Å²) in [6.07, 6.45) is 0.0377. The molecule has 2 atom stereocenters. The number of fused-ring (bicyclic) bond motifs is 1. The van der Waals surface area contributed by atoms with E-state index in [0.717, 1.165) is 6.07 Å². The molecule has 0 aliphatic carbocycles. The topological polar surface area (TPSA) is 49.3 Å². The fraction of sp³-hybridized carbons (Fsp3) is 0.389. The van der Waals surface area contributed by atoms with Gasteiger partial charge < -0.3 is 9.80 Å². The van der Waals surface area contributed by atoms with Crippen LogP contribution in [0.25, 0.3) is 0 Å². The normalized spacial score (nSPS) is 22.6. The van der Waals surface area contributed by atoms with Crippen LogP contribution in [0.15, 0.2) is 42.9 Å². The Bertz CT molecular complexity index is 798. The zero-order valence-corrected chi connectivity index (χ0v) is 13.9. The van der Waals surface area contributed by atoms with Crippen molar-refractivity contribution in [2.45, 2.75) is 6.18 Å². The first-order valence-electron chi connectivity index (χ1n) is 8.40.